The first-order chi connectivity index (χ1) is 12.3. The molecule has 6 heteroatoms. The van der Waals surface area contributed by atoms with Gasteiger partial charge in [0.25, 0.3) is 5.91 Å². The molecule has 0 aliphatic rings. The summed E-state index contributed by atoms with van der Waals surface area (Å²) in [6.07, 6.45) is 0.199. The normalized spacial score (nSPS) is 10.9. The molecule has 0 unspecified atom stereocenters. The zero-order chi connectivity index (χ0) is 19.2. The van der Waals surface area contributed by atoms with Gasteiger partial charge in [0.05, 0.1) is 31.2 Å². The van der Waals surface area contributed by atoms with Crippen molar-refractivity contribution in [2.24, 2.45) is 0 Å². The quantitative estimate of drug-likeness (QED) is 0.711. The molecule has 0 aliphatic carbocycles. The Morgan fingerprint density at radius 2 is 1.73 bits per heavy atom. The van der Waals surface area contributed by atoms with E-state index in [4.69, 9.17) is 4.74 Å². The fourth-order valence-electron chi connectivity index (χ4n) is 2.38. The summed E-state index contributed by atoms with van der Waals surface area (Å²) in [5.41, 5.74) is 1.23. The largest absolute Gasteiger partial charge is 0.496 e. The van der Waals surface area contributed by atoms with Gasteiger partial charge in [-0.25, -0.2) is 0 Å². The van der Waals surface area contributed by atoms with Crippen LogP contribution in [0.25, 0.3) is 0 Å². The number of rotatable bonds is 7. The molecule has 0 atom stereocenters. The lowest BCUT2D eigenvalue weighted by atomic mass is 10.1. The first-order valence-corrected chi connectivity index (χ1v) is 8.30. The molecule has 0 spiro atoms. The minimum Gasteiger partial charge on any atom is -0.496 e. The van der Waals surface area contributed by atoms with Crippen LogP contribution in [0.2, 0.25) is 0 Å². The maximum absolute atomic E-state index is 12.4. The fraction of sp³-hybridized carbons (Fsp3) is 0.300. The molecule has 0 saturated carbocycles. The number of para-hydroxylation sites is 1. The Bertz CT molecular complexity index is 770. The van der Waals surface area contributed by atoms with Gasteiger partial charge in [0.2, 0.25) is 5.91 Å². The van der Waals surface area contributed by atoms with E-state index in [0.717, 1.165) is 5.56 Å². The number of hydrogen-bond acceptors (Lipinski definition) is 4. The summed E-state index contributed by atoms with van der Waals surface area (Å²) < 4.78 is 5.19. The van der Waals surface area contributed by atoms with Crippen molar-refractivity contribution in [2.75, 3.05) is 19.0 Å². The number of aliphatic hydroxyl groups is 1. The second-order valence-corrected chi connectivity index (χ2v) is 6.62. The molecule has 0 fully saturated rings. The van der Waals surface area contributed by atoms with Crippen LogP contribution in [0.4, 0.5) is 5.69 Å². The molecule has 2 aromatic carbocycles. The lowest BCUT2D eigenvalue weighted by molar-refractivity contribution is -0.122. The number of anilines is 1. The van der Waals surface area contributed by atoms with E-state index >= 15 is 0 Å². The number of carbonyl (C=O) groups excluding carboxylic acids is 2. The molecular formula is C20H24N2O4. The van der Waals surface area contributed by atoms with Gasteiger partial charge in [-0.05, 0) is 43.7 Å². The lowest BCUT2D eigenvalue weighted by Gasteiger charge is -2.23. The third kappa shape index (κ3) is 5.32. The van der Waals surface area contributed by atoms with Crippen LogP contribution in [0.3, 0.4) is 0 Å². The number of aliphatic hydroxyl groups excluding tert-OH is 1. The number of methoxy groups -OCH3 is 1. The zero-order valence-corrected chi connectivity index (χ0v) is 15.2. The first-order valence-electron chi connectivity index (χ1n) is 8.30. The molecule has 0 heterocycles. The highest BCUT2D eigenvalue weighted by molar-refractivity contribution is 6.06. The maximum atomic E-state index is 12.4. The molecule has 138 valence electrons. The van der Waals surface area contributed by atoms with E-state index in [0.29, 0.717) is 17.0 Å². The van der Waals surface area contributed by atoms with Crippen LogP contribution in [0.15, 0.2) is 48.5 Å². The standard InChI is InChI=1S/C20H24N2O4/c1-20(2,13-23)22-18(24)12-14-8-10-15(11-9-14)21-19(25)16-6-4-5-7-17(16)26-3/h4-11,23H,12-13H2,1-3H3,(H,21,25)(H,22,24). The second kappa shape index (κ2) is 8.49. The molecule has 2 amide bonds. The molecule has 3 N–H and O–H groups in total. The Labute approximate surface area is 153 Å². The van der Waals surface area contributed by atoms with Gasteiger partial charge in [-0.1, -0.05) is 24.3 Å². The van der Waals surface area contributed by atoms with Crippen molar-refractivity contribution in [1.82, 2.24) is 5.32 Å². The van der Waals surface area contributed by atoms with Gasteiger partial charge < -0.3 is 20.5 Å². The SMILES string of the molecule is COc1ccccc1C(=O)Nc1ccc(CC(=O)NC(C)(C)CO)cc1. The Morgan fingerprint density at radius 1 is 1.08 bits per heavy atom. The highest BCUT2D eigenvalue weighted by atomic mass is 16.5. The van der Waals surface area contributed by atoms with E-state index in [9.17, 15) is 14.7 Å². The molecule has 2 aromatic rings. The van der Waals surface area contributed by atoms with Gasteiger partial charge in [0.15, 0.2) is 0 Å². The van der Waals surface area contributed by atoms with Crippen LogP contribution in [0.1, 0.15) is 29.8 Å². The number of benzene rings is 2. The number of ether oxygens (including phenoxy) is 1. The molecule has 6 nitrogen and oxygen atoms in total. The molecular weight excluding hydrogens is 332 g/mol. The van der Waals surface area contributed by atoms with E-state index in [1.807, 2.05) is 0 Å². The van der Waals surface area contributed by atoms with Crippen LogP contribution in [-0.4, -0.2) is 36.2 Å². The molecule has 26 heavy (non-hydrogen) atoms. The summed E-state index contributed by atoms with van der Waals surface area (Å²) in [6.45, 7) is 3.37. The number of nitrogens with one attached hydrogen (secondary N) is 2. The maximum Gasteiger partial charge on any atom is 0.259 e. The van der Waals surface area contributed by atoms with Crippen molar-refractivity contribution in [1.29, 1.82) is 0 Å². The van der Waals surface area contributed by atoms with Crippen LogP contribution < -0.4 is 15.4 Å². The van der Waals surface area contributed by atoms with Gasteiger partial charge in [-0.2, -0.15) is 0 Å². The van der Waals surface area contributed by atoms with Crippen molar-refractivity contribution in [3.05, 3.63) is 59.7 Å². The predicted molar refractivity (Wildman–Crippen MR) is 100 cm³/mol. The van der Waals surface area contributed by atoms with Crippen LogP contribution in [-0.2, 0) is 11.2 Å². The summed E-state index contributed by atoms with van der Waals surface area (Å²) in [4.78, 5) is 24.4. The van der Waals surface area contributed by atoms with Gasteiger partial charge >= 0.3 is 0 Å². The summed E-state index contributed by atoms with van der Waals surface area (Å²) in [5, 5.41) is 14.8. The number of carbonyl (C=O) groups is 2. The molecule has 0 aliphatic heterocycles. The molecule has 0 saturated heterocycles. The Balaban J connectivity index is 1.99. The highest BCUT2D eigenvalue weighted by Gasteiger charge is 2.19. The number of amides is 2. The zero-order valence-electron chi connectivity index (χ0n) is 15.2. The van der Waals surface area contributed by atoms with Crippen molar-refractivity contribution in [2.45, 2.75) is 25.8 Å². The molecule has 0 aromatic heterocycles. The van der Waals surface area contributed by atoms with Gasteiger partial charge in [-0.15, -0.1) is 0 Å². The summed E-state index contributed by atoms with van der Waals surface area (Å²) >= 11 is 0. The molecule has 0 bridgehead atoms. The summed E-state index contributed by atoms with van der Waals surface area (Å²) in [7, 11) is 1.52. The van der Waals surface area contributed by atoms with E-state index in [1.54, 1.807) is 62.4 Å². The van der Waals surface area contributed by atoms with Gasteiger partial charge in [-0.3, -0.25) is 9.59 Å². The van der Waals surface area contributed by atoms with Crippen LogP contribution in [0.5, 0.6) is 5.75 Å². The third-order valence-corrected chi connectivity index (χ3v) is 3.80. The summed E-state index contributed by atoms with van der Waals surface area (Å²) in [5.74, 6) is 0.0669. The fourth-order valence-corrected chi connectivity index (χ4v) is 2.38. The Hall–Kier alpha value is -2.86. The van der Waals surface area contributed by atoms with E-state index in [-0.39, 0.29) is 24.8 Å². The van der Waals surface area contributed by atoms with Gasteiger partial charge in [0, 0.05) is 5.69 Å². The highest BCUT2D eigenvalue weighted by Crippen LogP contribution is 2.19. The van der Waals surface area contributed by atoms with Crippen LogP contribution in [0, 0.1) is 0 Å². The Morgan fingerprint density at radius 3 is 2.35 bits per heavy atom. The summed E-state index contributed by atoms with van der Waals surface area (Å²) in [6, 6.07) is 14.0. The van der Waals surface area contributed by atoms with E-state index < -0.39 is 5.54 Å². The smallest absolute Gasteiger partial charge is 0.259 e. The van der Waals surface area contributed by atoms with Crippen molar-refractivity contribution < 1.29 is 19.4 Å². The topological polar surface area (TPSA) is 87.7 Å². The Kier molecular flexibility index (Phi) is 6.36. The third-order valence-electron chi connectivity index (χ3n) is 3.80. The monoisotopic (exact) mass is 356 g/mol. The predicted octanol–water partition coefficient (Wildman–Crippen LogP) is 2.38. The second-order valence-electron chi connectivity index (χ2n) is 6.62. The van der Waals surface area contributed by atoms with Crippen molar-refractivity contribution in [3.63, 3.8) is 0 Å². The van der Waals surface area contributed by atoms with Crippen LogP contribution >= 0.6 is 0 Å². The average Bonchev–Trinajstić information content (AvgIpc) is 2.62. The molecule has 0 radical (unpaired) electrons. The number of hydrogen-bond donors (Lipinski definition) is 3. The molecule has 2 rings (SSSR count). The van der Waals surface area contributed by atoms with E-state index in [2.05, 4.69) is 10.6 Å². The minimum atomic E-state index is -0.653. The lowest BCUT2D eigenvalue weighted by Crippen LogP contribution is -2.46. The van der Waals surface area contributed by atoms with Crippen molar-refractivity contribution in [3.8, 4) is 5.75 Å². The van der Waals surface area contributed by atoms with E-state index in [1.165, 1.54) is 7.11 Å². The van der Waals surface area contributed by atoms with Crippen molar-refractivity contribution >= 4 is 17.5 Å². The van der Waals surface area contributed by atoms with Gasteiger partial charge in [0.1, 0.15) is 5.75 Å². The average molecular weight is 356 g/mol. The minimum absolute atomic E-state index is 0.132. The first kappa shape index (κ1) is 19.5.